The number of rotatable bonds is 8. The topological polar surface area (TPSA) is 92.8 Å². The first kappa shape index (κ1) is 22.2. The van der Waals surface area contributed by atoms with Gasteiger partial charge in [-0.2, -0.15) is 0 Å². The Balaban J connectivity index is 2.19. The van der Waals surface area contributed by atoms with Gasteiger partial charge in [0.15, 0.2) is 0 Å². The normalized spacial score (nSPS) is 20.7. The van der Waals surface area contributed by atoms with Gasteiger partial charge in [-0.25, -0.2) is 8.42 Å². The third kappa shape index (κ3) is 5.25. The minimum Gasteiger partial charge on any atom is -0.460 e. The van der Waals surface area contributed by atoms with Gasteiger partial charge in [0, 0.05) is 12.6 Å². The molecule has 0 unspecified atom stereocenters. The van der Waals surface area contributed by atoms with E-state index >= 15 is 0 Å². The molecule has 156 valence electrons. The van der Waals surface area contributed by atoms with Crippen molar-refractivity contribution in [3.05, 3.63) is 29.8 Å². The number of cyclic esters (lactones) is 1. The molecule has 28 heavy (non-hydrogen) atoms. The van der Waals surface area contributed by atoms with E-state index in [1.54, 1.807) is 31.2 Å². The number of hydrogen-bond donors (Lipinski definition) is 1. The summed E-state index contributed by atoms with van der Waals surface area (Å²) in [4.78, 5) is 24.6. The van der Waals surface area contributed by atoms with Crippen molar-refractivity contribution in [3.63, 3.8) is 0 Å². The Morgan fingerprint density at radius 2 is 2.04 bits per heavy atom. The van der Waals surface area contributed by atoms with Crippen LogP contribution in [0.2, 0.25) is 0 Å². The predicted molar refractivity (Wildman–Crippen MR) is 109 cm³/mol. The van der Waals surface area contributed by atoms with Crippen molar-refractivity contribution < 1.29 is 22.7 Å². The van der Waals surface area contributed by atoms with Crippen LogP contribution in [0.5, 0.6) is 0 Å². The van der Waals surface area contributed by atoms with E-state index in [0.717, 1.165) is 0 Å². The fourth-order valence-corrected chi connectivity index (χ4v) is 4.09. The number of benzene rings is 1. The first-order chi connectivity index (χ1) is 13.0. The monoisotopic (exact) mass is 410 g/mol. The van der Waals surface area contributed by atoms with E-state index in [4.69, 9.17) is 4.74 Å². The van der Waals surface area contributed by atoms with Crippen molar-refractivity contribution in [3.8, 4) is 0 Å². The lowest BCUT2D eigenvalue weighted by Crippen LogP contribution is -2.44. The number of amides is 1. The van der Waals surface area contributed by atoms with Gasteiger partial charge < -0.3 is 10.1 Å². The van der Waals surface area contributed by atoms with Gasteiger partial charge in [0.25, 0.3) is 5.91 Å². The molecule has 1 aliphatic rings. The highest BCUT2D eigenvalue weighted by Crippen LogP contribution is 2.26. The average Bonchev–Trinajstić information content (AvgIpc) is 2.99. The van der Waals surface area contributed by atoms with Crippen LogP contribution < -0.4 is 9.62 Å². The zero-order chi connectivity index (χ0) is 21.1. The Morgan fingerprint density at radius 1 is 1.36 bits per heavy atom. The number of ether oxygens (including phenoxy) is 1. The number of esters is 1. The summed E-state index contributed by atoms with van der Waals surface area (Å²) in [5.41, 5.74) is 0.789. The number of anilines is 1. The van der Waals surface area contributed by atoms with Crippen LogP contribution in [-0.2, 0) is 19.6 Å². The van der Waals surface area contributed by atoms with Gasteiger partial charge in [-0.1, -0.05) is 26.8 Å². The second-order valence-electron chi connectivity index (χ2n) is 7.74. The Labute approximate surface area is 167 Å². The largest absolute Gasteiger partial charge is 0.460 e. The molecule has 0 bridgehead atoms. The molecule has 1 aliphatic heterocycles. The van der Waals surface area contributed by atoms with Gasteiger partial charge in [0.1, 0.15) is 6.10 Å². The zero-order valence-corrected chi connectivity index (χ0v) is 18.0. The average molecular weight is 411 g/mol. The molecule has 3 atom stereocenters. The number of nitrogens with one attached hydrogen (secondary N) is 1. The highest BCUT2D eigenvalue weighted by molar-refractivity contribution is 7.92. The summed E-state index contributed by atoms with van der Waals surface area (Å²) in [6.45, 7) is 7.49. The quantitative estimate of drug-likeness (QED) is 0.665. The molecule has 7 nitrogen and oxygen atoms in total. The van der Waals surface area contributed by atoms with Crippen LogP contribution in [0, 0.1) is 11.8 Å². The fourth-order valence-electron chi connectivity index (χ4n) is 3.27. The number of sulfonamides is 1. The van der Waals surface area contributed by atoms with Crippen molar-refractivity contribution in [1.82, 2.24) is 5.32 Å². The molecule has 2 rings (SSSR count). The van der Waals surface area contributed by atoms with Crippen LogP contribution in [0.4, 0.5) is 5.69 Å². The molecule has 1 fully saturated rings. The molecule has 0 spiro atoms. The van der Waals surface area contributed by atoms with Gasteiger partial charge in [-0.15, -0.1) is 0 Å². The molecule has 0 radical (unpaired) electrons. The number of carbonyl (C=O) groups excluding carboxylic acids is 2. The van der Waals surface area contributed by atoms with E-state index < -0.39 is 10.0 Å². The summed E-state index contributed by atoms with van der Waals surface area (Å²) in [7, 11) is -1.94. The molecule has 1 aromatic carbocycles. The Hall–Kier alpha value is -2.09. The van der Waals surface area contributed by atoms with Crippen LogP contribution >= 0.6 is 0 Å². The minimum atomic E-state index is -3.41. The maximum Gasteiger partial charge on any atom is 0.309 e. The summed E-state index contributed by atoms with van der Waals surface area (Å²) in [6, 6.07) is 6.21. The second kappa shape index (κ2) is 8.94. The van der Waals surface area contributed by atoms with E-state index in [2.05, 4.69) is 5.32 Å². The van der Waals surface area contributed by atoms with E-state index in [9.17, 15) is 18.0 Å². The molecule has 1 N–H and O–H groups in total. The van der Waals surface area contributed by atoms with Crippen molar-refractivity contribution >= 4 is 27.6 Å². The van der Waals surface area contributed by atoms with Crippen LogP contribution in [0.3, 0.4) is 0 Å². The lowest BCUT2D eigenvalue weighted by atomic mass is 9.94. The predicted octanol–water partition coefficient (Wildman–Crippen LogP) is 2.57. The van der Waals surface area contributed by atoms with Gasteiger partial charge >= 0.3 is 5.97 Å². The first-order valence-corrected chi connectivity index (χ1v) is 11.2. The summed E-state index contributed by atoms with van der Waals surface area (Å²) < 4.78 is 30.8. The zero-order valence-electron chi connectivity index (χ0n) is 17.1. The highest BCUT2D eigenvalue weighted by atomic mass is 32.2. The Bertz CT molecular complexity index is 822. The van der Waals surface area contributed by atoms with E-state index in [1.165, 1.54) is 11.4 Å². The van der Waals surface area contributed by atoms with E-state index in [-0.39, 0.29) is 35.7 Å². The van der Waals surface area contributed by atoms with Crippen LogP contribution in [0.1, 0.15) is 50.9 Å². The number of carbonyl (C=O) groups is 2. The number of nitrogens with zero attached hydrogens (tertiary/aromatic N) is 1. The lowest BCUT2D eigenvalue weighted by Gasteiger charge is -2.26. The van der Waals surface area contributed by atoms with Crippen molar-refractivity contribution in [2.24, 2.45) is 11.8 Å². The Morgan fingerprint density at radius 3 is 2.57 bits per heavy atom. The highest BCUT2D eigenvalue weighted by Gasteiger charge is 2.37. The third-order valence-corrected chi connectivity index (χ3v) is 6.78. The molecular formula is C20H30N2O5S. The Kier molecular flexibility index (Phi) is 7.09. The van der Waals surface area contributed by atoms with E-state index in [1.807, 2.05) is 20.8 Å². The van der Waals surface area contributed by atoms with Crippen molar-refractivity contribution in [1.29, 1.82) is 0 Å². The molecule has 1 amide bonds. The molecule has 1 heterocycles. The first-order valence-electron chi connectivity index (χ1n) is 9.63. The maximum atomic E-state index is 12.8. The molecule has 8 heteroatoms. The fraction of sp³-hybridized carbons (Fsp3) is 0.600. The summed E-state index contributed by atoms with van der Waals surface area (Å²) >= 11 is 0. The minimum absolute atomic E-state index is 0.0262. The van der Waals surface area contributed by atoms with Gasteiger partial charge in [-0.3, -0.25) is 13.9 Å². The standard InChI is InChI=1S/C20H30N2O5S/c1-6-28(25,26)22(5)16-9-7-8-15(12-16)19(23)21-17(10-13(2)3)18-11-14(4)20(24)27-18/h7-9,12-14,17-18H,6,10-11H2,1-5H3,(H,21,23)/t14-,17+,18-/m1/s1. The third-order valence-electron chi connectivity index (χ3n) is 5.00. The molecular weight excluding hydrogens is 380 g/mol. The molecule has 1 aromatic rings. The van der Waals surface area contributed by atoms with Crippen molar-refractivity contribution in [2.75, 3.05) is 17.1 Å². The second-order valence-corrected chi connectivity index (χ2v) is 10.0. The molecule has 0 aromatic heterocycles. The smallest absolute Gasteiger partial charge is 0.309 e. The lowest BCUT2D eigenvalue weighted by molar-refractivity contribution is -0.144. The van der Waals surface area contributed by atoms with E-state index in [0.29, 0.717) is 30.0 Å². The SMILES string of the molecule is CCS(=O)(=O)N(C)c1cccc(C(=O)N[C@@H](CC(C)C)[C@H]2C[C@@H](C)C(=O)O2)c1. The molecule has 1 saturated heterocycles. The van der Waals surface area contributed by atoms with Gasteiger partial charge in [0.05, 0.1) is 23.4 Å². The van der Waals surface area contributed by atoms with Gasteiger partial charge in [0.2, 0.25) is 10.0 Å². The summed E-state index contributed by atoms with van der Waals surface area (Å²) in [5, 5.41) is 2.98. The van der Waals surface area contributed by atoms with Crippen LogP contribution in [0.25, 0.3) is 0 Å². The van der Waals surface area contributed by atoms with Crippen molar-refractivity contribution in [2.45, 2.75) is 52.7 Å². The number of hydrogen-bond acceptors (Lipinski definition) is 5. The summed E-state index contributed by atoms with van der Waals surface area (Å²) in [6.07, 6.45) is 0.911. The maximum absolute atomic E-state index is 12.8. The molecule has 0 saturated carbocycles. The molecule has 0 aliphatic carbocycles. The van der Waals surface area contributed by atoms with Crippen LogP contribution in [-0.4, -0.2) is 45.2 Å². The van der Waals surface area contributed by atoms with Gasteiger partial charge in [-0.05, 0) is 43.9 Å². The van der Waals surface area contributed by atoms with Crippen LogP contribution in [0.15, 0.2) is 24.3 Å². The summed E-state index contributed by atoms with van der Waals surface area (Å²) in [5.74, 6) is -0.437.